The number of hydrogen-bond acceptors (Lipinski definition) is 1. The van der Waals surface area contributed by atoms with Crippen molar-refractivity contribution < 1.29 is 0 Å². The molecule has 0 aromatic rings. The van der Waals surface area contributed by atoms with Crippen LogP contribution in [0.15, 0.2) is 12.7 Å². The van der Waals surface area contributed by atoms with E-state index >= 15 is 0 Å². The highest BCUT2D eigenvalue weighted by molar-refractivity contribution is 4.81. The molecular formula is C13H25N. The summed E-state index contributed by atoms with van der Waals surface area (Å²) >= 11 is 0. The minimum absolute atomic E-state index is 0.822. The molecule has 0 amide bonds. The summed E-state index contributed by atoms with van der Waals surface area (Å²) in [5, 5.41) is 0. The zero-order valence-electron chi connectivity index (χ0n) is 9.84. The second kappa shape index (κ2) is 6.23. The standard InChI is InChI=1S/C13H25N/c1-4-6-8-13(7-5-2)14-10-9-12(3)11-14/h4,12-13H,1,5-11H2,2-3H3. The van der Waals surface area contributed by atoms with Crippen molar-refractivity contribution in [1.29, 1.82) is 0 Å². The van der Waals surface area contributed by atoms with E-state index in [1.807, 2.05) is 0 Å². The molecule has 0 aromatic carbocycles. The molecule has 1 rings (SSSR count). The van der Waals surface area contributed by atoms with Crippen LogP contribution >= 0.6 is 0 Å². The summed E-state index contributed by atoms with van der Waals surface area (Å²) in [6.07, 6.45) is 8.61. The fourth-order valence-electron chi connectivity index (χ4n) is 2.45. The van der Waals surface area contributed by atoms with E-state index in [-0.39, 0.29) is 0 Å². The molecule has 1 aliphatic rings. The molecule has 0 saturated carbocycles. The molecule has 2 unspecified atom stereocenters. The van der Waals surface area contributed by atoms with Crippen LogP contribution in [0.3, 0.4) is 0 Å². The summed E-state index contributed by atoms with van der Waals surface area (Å²) in [7, 11) is 0. The molecule has 0 aliphatic carbocycles. The Morgan fingerprint density at radius 2 is 2.29 bits per heavy atom. The van der Waals surface area contributed by atoms with E-state index < -0.39 is 0 Å². The van der Waals surface area contributed by atoms with Gasteiger partial charge in [0.1, 0.15) is 0 Å². The topological polar surface area (TPSA) is 3.24 Å². The zero-order chi connectivity index (χ0) is 10.4. The minimum atomic E-state index is 0.822. The normalized spacial score (nSPS) is 25.1. The summed E-state index contributed by atoms with van der Waals surface area (Å²) in [4.78, 5) is 2.69. The predicted octanol–water partition coefficient (Wildman–Crippen LogP) is 3.46. The molecule has 0 aromatic heterocycles. The van der Waals surface area contributed by atoms with Gasteiger partial charge in [-0.25, -0.2) is 0 Å². The number of likely N-dealkylation sites (tertiary alicyclic amines) is 1. The summed E-state index contributed by atoms with van der Waals surface area (Å²) in [5.74, 6) is 0.915. The fourth-order valence-corrected chi connectivity index (χ4v) is 2.45. The van der Waals surface area contributed by atoms with E-state index in [1.54, 1.807) is 0 Å². The Kier molecular flexibility index (Phi) is 5.24. The highest BCUT2D eigenvalue weighted by Crippen LogP contribution is 2.22. The SMILES string of the molecule is C=CCCC(CCC)N1CCC(C)C1. The second-order valence-corrected chi connectivity index (χ2v) is 4.70. The number of allylic oxidation sites excluding steroid dienone is 1. The van der Waals surface area contributed by atoms with Gasteiger partial charge in [-0.05, 0) is 38.1 Å². The van der Waals surface area contributed by atoms with E-state index in [4.69, 9.17) is 0 Å². The van der Waals surface area contributed by atoms with Crippen LogP contribution in [0.25, 0.3) is 0 Å². The molecule has 2 atom stereocenters. The van der Waals surface area contributed by atoms with Crippen molar-refractivity contribution in [2.24, 2.45) is 5.92 Å². The first-order valence-electron chi connectivity index (χ1n) is 6.12. The third kappa shape index (κ3) is 3.45. The molecule has 1 heterocycles. The van der Waals surface area contributed by atoms with Gasteiger partial charge >= 0.3 is 0 Å². The Balaban J connectivity index is 2.36. The molecule has 0 spiro atoms. The van der Waals surface area contributed by atoms with Gasteiger partial charge in [-0.15, -0.1) is 6.58 Å². The van der Waals surface area contributed by atoms with E-state index in [0.29, 0.717) is 0 Å². The lowest BCUT2D eigenvalue weighted by Gasteiger charge is -2.27. The van der Waals surface area contributed by atoms with Crippen molar-refractivity contribution in [3.8, 4) is 0 Å². The summed E-state index contributed by atoms with van der Waals surface area (Å²) < 4.78 is 0. The first kappa shape index (κ1) is 11.8. The van der Waals surface area contributed by atoms with E-state index in [9.17, 15) is 0 Å². The highest BCUT2D eigenvalue weighted by Gasteiger charge is 2.24. The van der Waals surface area contributed by atoms with Crippen LogP contribution < -0.4 is 0 Å². The molecule has 1 aliphatic heterocycles. The maximum absolute atomic E-state index is 3.82. The Hall–Kier alpha value is -0.300. The van der Waals surface area contributed by atoms with Crippen molar-refractivity contribution in [3.63, 3.8) is 0 Å². The molecule has 1 nitrogen and oxygen atoms in total. The van der Waals surface area contributed by atoms with Crippen molar-refractivity contribution in [2.45, 2.75) is 52.0 Å². The molecule has 0 radical (unpaired) electrons. The third-order valence-corrected chi connectivity index (χ3v) is 3.30. The van der Waals surface area contributed by atoms with Gasteiger partial charge in [0.05, 0.1) is 0 Å². The van der Waals surface area contributed by atoms with Crippen LogP contribution in [0.1, 0.15) is 46.0 Å². The zero-order valence-corrected chi connectivity index (χ0v) is 9.84. The van der Waals surface area contributed by atoms with Crippen molar-refractivity contribution in [3.05, 3.63) is 12.7 Å². The van der Waals surface area contributed by atoms with Gasteiger partial charge in [0.2, 0.25) is 0 Å². The average molecular weight is 195 g/mol. The summed E-state index contributed by atoms with van der Waals surface area (Å²) in [6, 6.07) is 0.822. The van der Waals surface area contributed by atoms with Crippen LogP contribution in [0.2, 0.25) is 0 Å². The van der Waals surface area contributed by atoms with E-state index in [1.165, 1.54) is 45.2 Å². The lowest BCUT2D eigenvalue weighted by molar-refractivity contribution is 0.212. The molecule has 0 bridgehead atoms. The first-order chi connectivity index (χ1) is 6.77. The molecule has 1 saturated heterocycles. The second-order valence-electron chi connectivity index (χ2n) is 4.70. The van der Waals surface area contributed by atoms with Gasteiger partial charge in [0, 0.05) is 12.6 Å². The van der Waals surface area contributed by atoms with Crippen LogP contribution in [-0.2, 0) is 0 Å². The lowest BCUT2D eigenvalue weighted by Crippen LogP contribution is -2.33. The lowest BCUT2D eigenvalue weighted by atomic mass is 10.0. The molecule has 0 N–H and O–H groups in total. The molecule has 14 heavy (non-hydrogen) atoms. The largest absolute Gasteiger partial charge is 0.300 e. The number of nitrogens with zero attached hydrogens (tertiary/aromatic N) is 1. The number of hydrogen-bond donors (Lipinski definition) is 0. The van der Waals surface area contributed by atoms with Gasteiger partial charge in [-0.3, -0.25) is 0 Å². The first-order valence-corrected chi connectivity index (χ1v) is 6.12. The quantitative estimate of drug-likeness (QED) is 0.587. The van der Waals surface area contributed by atoms with Gasteiger partial charge in [0.25, 0.3) is 0 Å². The Morgan fingerprint density at radius 1 is 1.50 bits per heavy atom. The Morgan fingerprint density at radius 3 is 2.79 bits per heavy atom. The van der Waals surface area contributed by atoms with Crippen LogP contribution in [0.5, 0.6) is 0 Å². The summed E-state index contributed by atoms with van der Waals surface area (Å²) in [5.41, 5.74) is 0. The molecule has 1 fully saturated rings. The van der Waals surface area contributed by atoms with Gasteiger partial charge < -0.3 is 4.90 Å². The fraction of sp³-hybridized carbons (Fsp3) is 0.846. The van der Waals surface area contributed by atoms with Crippen molar-refractivity contribution >= 4 is 0 Å². The highest BCUT2D eigenvalue weighted by atomic mass is 15.2. The minimum Gasteiger partial charge on any atom is -0.300 e. The summed E-state index contributed by atoms with van der Waals surface area (Å²) in [6.45, 7) is 11.1. The maximum atomic E-state index is 3.82. The molecular weight excluding hydrogens is 170 g/mol. The average Bonchev–Trinajstić information content (AvgIpc) is 2.59. The van der Waals surface area contributed by atoms with E-state index in [0.717, 1.165) is 12.0 Å². The predicted molar refractivity (Wildman–Crippen MR) is 63.5 cm³/mol. The van der Waals surface area contributed by atoms with Crippen LogP contribution in [0.4, 0.5) is 0 Å². The Labute approximate surface area is 89.2 Å². The maximum Gasteiger partial charge on any atom is 0.00982 e. The number of rotatable bonds is 6. The van der Waals surface area contributed by atoms with Crippen LogP contribution in [-0.4, -0.2) is 24.0 Å². The monoisotopic (exact) mass is 195 g/mol. The van der Waals surface area contributed by atoms with Gasteiger partial charge in [-0.2, -0.15) is 0 Å². The van der Waals surface area contributed by atoms with E-state index in [2.05, 4.69) is 31.4 Å². The smallest absolute Gasteiger partial charge is 0.00982 e. The van der Waals surface area contributed by atoms with Crippen molar-refractivity contribution in [2.75, 3.05) is 13.1 Å². The third-order valence-electron chi connectivity index (χ3n) is 3.30. The van der Waals surface area contributed by atoms with Crippen LogP contribution in [0, 0.1) is 5.92 Å². The molecule has 82 valence electrons. The van der Waals surface area contributed by atoms with Gasteiger partial charge in [0.15, 0.2) is 0 Å². The Bertz CT molecular complexity index is 165. The molecule has 1 heteroatoms. The van der Waals surface area contributed by atoms with Crippen molar-refractivity contribution in [1.82, 2.24) is 4.90 Å². The van der Waals surface area contributed by atoms with Gasteiger partial charge in [-0.1, -0.05) is 26.3 Å².